The van der Waals surface area contributed by atoms with E-state index in [-0.39, 0.29) is 32.6 Å². The van der Waals surface area contributed by atoms with Crippen LogP contribution in [0.25, 0.3) is 0 Å². The van der Waals surface area contributed by atoms with Gasteiger partial charge in [-0.05, 0) is 41.8 Å². The van der Waals surface area contributed by atoms with Crippen LogP contribution in [-0.4, -0.2) is 33.9 Å². The first-order chi connectivity index (χ1) is 15.3. The Labute approximate surface area is 194 Å². The lowest BCUT2D eigenvalue weighted by atomic mass is 10.2. The van der Waals surface area contributed by atoms with Gasteiger partial charge in [0.1, 0.15) is 4.88 Å². The van der Waals surface area contributed by atoms with Gasteiger partial charge >= 0.3 is 5.97 Å². The van der Waals surface area contributed by atoms with Crippen molar-refractivity contribution in [3.05, 3.63) is 88.1 Å². The highest BCUT2D eigenvalue weighted by atomic mass is 35.5. The standard InChI is InChI=1S/C22H19ClN2O5S2/c1-3-12-25(19-10-5-4-9-17(19)23)32(28,29)16-8-6-7-15(14-16)21(26)24-18-11-13-31-20(18)22(27)30-2/h3-11,13-14H,1,12H2,2H3,(H,24,26). The summed E-state index contributed by atoms with van der Waals surface area (Å²) in [4.78, 5) is 24.7. The Bertz CT molecular complexity index is 1270. The number of halogens is 1. The summed E-state index contributed by atoms with van der Waals surface area (Å²) in [6, 6.07) is 13.7. The molecule has 0 aliphatic carbocycles. The van der Waals surface area contributed by atoms with Crippen LogP contribution in [0.2, 0.25) is 5.02 Å². The number of ether oxygens (including phenoxy) is 1. The van der Waals surface area contributed by atoms with Crippen molar-refractivity contribution in [2.45, 2.75) is 4.90 Å². The van der Waals surface area contributed by atoms with E-state index in [2.05, 4.69) is 11.9 Å². The number of thiophene rings is 1. The molecule has 7 nitrogen and oxygen atoms in total. The van der Waals surface area contributed by atoms with Crippen molar-refractivity contribution < 1.29 is 22.7 Å². The van der Waals surface area contributed by atoms with Crippen molar-refractivity contribution in [3.8, 4) is 0 Å². The summed E-state index contributed by atoms with van der Waals surface area (Å²) in [7, 11) is -2.81. The number of para-hydroxylation sites is 1. The van der Waals surface area contributed by atoms with E-state index in [1.54, 1.807) is 35.7 Å². The van der Waals surface area contributed by atoms with Crippen LogP contribution < -0.4 is 9.62 Å². The van der Waals surface area contributed by atoms with Gasteiger partial charge in [-0.2, -0.15) is 0 Å². The van der Waals surface area contributed by atoms with Gasteiger partial charge in [0.2, 0.25) is 0 Å². The van der Waals surface area contributed by atoms with Gasteiger partial charge in [0, 0.05) is 5.56 Å². The highest BCUT2D eigenvalue weighted by Gasteiger charge is 2.26. The maximum Gasteiger partial charge on any atom is 0.350 e. The number of nitrogens with one attached hydrogen (secondary N) is 1. The van der Waals surface area contributed by atoms with Crippen LogP contribution in [0.5, 0.6) is 0 Å². The second-order valence-electron chi connectivity index (χ2n) is 6.41. The number of anilines is 2. The summed E-state index contributed by atoms with van der Waals surface area (Å²) in [5.74, 6) is -1.15. The first-order valence-electron chi connectivity index (χ1n) is 9.25. The van der Waals surface area contributed by atoms with Crippen molar-refractivity contribution >= 4 is 56.2 Å². The average molecular weight is 491 g/mol. The molecule has 0 radical (unpaired) electrons. The van der Waals surface area contributed by atoms with Crippen LogP contribution in [0, 0.1) is 0 Å². The van der Waals surface area contributed by atoms with Crippen LogP contribution >= 0.6 is 22.9 Å². The Morgan fingerprint density at radius 3 is 2.62 bits per heavy atom. The molecule has 0 saturated carbocycles. The number of esters is 1. The molecule has 0 unspecified atom stereocenters. The normalized spacial score (nSPS) is 10.9. The molecule has 166 valence electrons. The summed E-state index contributed by atoms with van der Waals surface area (Å²) in [5.41, 5.74) is 0.681. The monoisotopic (exact) mass is 490 g/mol. The Hall–Kier alpha value is -3.14. The Morgan fingerprint density at radius 2 is 1.94 bits per heavy atom. The van der Waals surface area contributed by atoms with E-state index >= 15 is 0 Å². The van der Waals surface area contributed by atoms with Crippen molar-refractivity contribution in [2.75, 3.05) is 23.3 Å². The fraction of sp³-hybridized carbons (Fsp3) is 0.0909. The Balaban J connectivity index is 1.94. The summed E-state index contributed by atoms with van der Waals surface area (Å²) in [6.45, 7) is 3.62. The van der Waals surface area contributed by atoms with Crippen LogP contribution in [0.15, 0.2) is 77.5 Å². The second kappa shape index (κ2) is 9.99. The van der Waals surface area contributed by atoms with Gasteiger partial charge in [-0.15, -0.1) is 17.9 Å². The smallest absolute Gasteiger partial charge is 0.350 e. The number of amides is 1. The van der Waals surface area contributed by atoms with Crippen molar-refractivity contribution in [2.24, 2.45) is 0 Å². The first kappa shape index (κ1) is 23.5. The van der Waals surface area contributed by atoms with Gasteiger partial charge < -0.3 is 10.1 Å². The molecule has 0 atom stereocenters. The molecular formula is C22H19ClN2O5S2. The van der Waals surface area contributed by atoms with E-state index < -0.39 is 21.9 Å². The number of benzene rings is 2. The summed E-state index contributed by atoms with van der Waals surface area (Å²) in [6.07, 6.45) is 1.45. The molecule has 1 aromatic heterocycles. The van der Waals surface area contributed by atoms with Crippen molar-refractivity contribution in [1.82, 2.24) is 0 Å². The minimum atomic E-state index is -4.06. The average Bonchev–Trinajstić information content (AvgIpc) is 3.25. The Kier molecular flexibility index (Phi) is 7.34. The molecule has 10 heteroatoms. The number of carbonyl (C=O) groups is 2. The number of carbonyl (C=O) groups excluding carboxylic acids is 2. The largest absolute Gasteiger partial charge is 0.465 e. The van der Waals surface area contributed by atoms with Gasteiger partial charge in [-0.1, -0.05) is 35.9 Å². The van der Waals surface area contributed by atoms with E-state index in [1.165, 1.54) is 37.5 Å². The second-order valence-corrected chi connectivity index (χ2v) is 9.60. The molecule has 32 heavy (non-hydrogen) atoms. The third-order valence-electron chi connectivity index (χ3n) is 4.38. The van der Waals surface area contributed by atoms with Crippen LogP contribution in [0.1, 0.15) is 20.0 Å². The third kappa shape index (κ3) is 4.85. The van der Waals surface area contributed by atoms with Crippen molar-refractivity contribution in [1.29, 1.82) is 0 Å². The van der Waals surface area contributed by atoms with Gasteiger partial charge in [0.25, 0.3) is 15.9 Å². The van der Waals surface area contributed by atoms with Gasteiger partial charge in [-0.3, -0.25) is 9.10 Å². The minimum absolute atomic E-state index is 0.0140. The summed E-state index contributed by atoms with van der Waals surface area (Å²) in [5, 5.41) is 4.52. The molecule has 0 aliphatic rings. The molecule has 3 aromatic rings. The molecule has 2 aromatic carbocycles. The molecule has 0 aliphatic heterocycles. The number of sulfonamides is 1. The third-order valence-corrected chi connectivity index (χ3v) is 7.37. The number of rotatable bonds is 8. The molecular weight excluding hydrogens is 472 g/mol. The maximum absolute atomic E-state index is 13.4. The fourth-order valence-electron chi connectivity index (χ4n) is 2.88. The van der Waals surface area contributed by atoms with E-state index in [0.717, 1.165) is 15.6 Å². The van der Waals surface area contributed by atoms with Crippen LogP contribution in [0.4, 0.5) is 11.4 Å². The molecule has 0 fully saturated rings. The predicted octanol–water partition coefficient (Wildman–Crippen LogP) is 4.82. The number of nitrogens with zero attached hydrogens (tertiary/aromatic N) is 1. The lowest BCUT2D eigenvalue weighted by Crippen LogP contribution is -2.31. The van der Waals surface area contributed by atoms with Gasteiger partial charge in [0.15, 0.2) is 0 Å². The fourth-order valence-corrected chi connectivity index (χ4v) is 5.43. The molecule has 1 N–H and O–H groups in total. The summed E-state index contributed by atoms with van der Waals surface area (Å²) >= 11 is 7.34. The zero-order chi connectivity index (χ0) is 23.3. The van der Waals surface area contributed by atoms with Crippen molar-refractivity contribution in [3.63, 3.8) is 0 Å². The quantitative estimate of drug-likeness (QED) is 0.361. The first-order valence-corrected chi connectivity index (χ1v) is 11.9. The summed E-state index contributed by atoms with van der Waals surface area (Å²) < 4.78 is 32.6. The lowest BCUT2D eigenvalue weighted by Gasteiger charge is -2.24. The van der Waals surface area contributed by atoms with E-state index in [1.807, 2.05) is 0 Å². The van der Waals surface area contributed by atoms with Gasteiger partial charge in [-0.25, -0.2) is 13.2 Å². The highest BCUT2D eigenvalue weighted by Crippen LogP contribution is 2.31. The molecule has 0 saturated heterocycles. The maximum atomic E-state index is 13.4. The molecule has 0 spiro atoms. The van der Waals surface area contributed by atoms with Gasteiger partial charge in [0.05, 0.1) is 34.9 Å². The number of methoxy groups -OCH3 is 1. The molecule has 1 heterocycles. The SMILES string of the molecule is C=CCN(c1ccccc1Cl)S(=O)(=O)c1cccc(C(=O)Nc2ccsc2C(=O)OC)c1. The predicted molar refractivity (Wildman–Crippen MR) is 126 cm³/mol. The van der Waals surface area contributed by atoms with E-state index in [0.29, 0.717) is 5.69 Å². The highest BCUT2D eigenvalue weighted by molar-refractivity contribution is 7.92. The zero-order valence-corrected chi connectivity index (χ0v) is 19.3. The van der Waals surface area contributed by atoms with E-state index in [9.17, 15) is 18.0 Å². The molecule has 3 rings (SSSR count). The van der Waals surface area contributed by atoms with E-state index in [4.69, 9.17) is 16.3 Å². The minimum Gasteiger partial charge on any atom is -0.465 e. The Morgan fingerprint density at radius 1 is 1.19 bits per heavy atom. The lowest BCUT2D eigenvalue weighted by molar-refractivity contribution is 0.0607. The topological polar surface area (TPSA) is 92.8 Å². The molecule has 0 bridgehead atoms. The zero-order valence-electron chi connectivity index (χ0n) is 16.9. The molecule has 1 amide bonds. The number of hydrogen-bond acceptors (Lipinski definition) is 6. The van der Waals surface area contributed by atoms with Crippen LogP contribution in [0.3, 0.4) is 0 Å². The number of hydrogen-bond donors (Lipinski definition) is 1. The van der Waals surface area contributed by atoms with Crippen LogP contribution in [-0.2, 0) is 14.8 Å².